The first-order valence-corrected chi connectivity index (χ1v) is 11.8. The molecule has 0 atom stereocenters. The molecule has 168 valence electrons. The molecular weight excluding hydrogens is 430 g/mol. The molecule has 1 aromatic carbocycles. The summed E-state index contributed by atoms with van der Waals surface area (Å²) in [7, 11) is -2.70. The minimum atomic E-state index is -4.04. The van der Waals surface area contributed by atoms with E-state index in [0.29, 0.717) is 11.4 Å². The number of hydrogen-bond acceptors (Lipinski definition) is 6. The maximum Gasteiger partial charge on any atom is 0.276 e. The van der Waals surface area contributed by atoms with E-state index < -0.39 is 15.9 Å². The summed E-state index contributed by atoms with van der Waals surface area (Å²) >= 11 is 0. The van der Waals surface area contributed by atoms with E-state index in [-0.39, 0.29) is 16.5 Å². The van der Waals surface area contributed by atoms with E-state index in [1.807, 2.05) is 32.0 Å². The van der Waals surface area contributed by atoms with Crippen molar-refractivity contribution in [2.75, 3.05) is 17.1 Å². The predicted octanol–water partition coefficient (Wildman–Crippen LogP) is 3.36. The van der Waals surface area contributed by atoms with E-state index in [4.69, 9.17) is 4.74 Å². The van der Waals surface area contributed by atoms with Crippen molar-refractivity contribution < 1.29 is 17.9 Å². The highest BCUT2D eigenvalue weighted by atomic mass is 32.2. The van der Waals surface area contributed by atoms with Crippen LogP contribution in [0.15, 0.2) is 35.4 Å². The first kappa shape index (κ1) is 21.8. The van der Waals surface area contributed by atoms with Crippen molar-refractivity contribution in [2.24, 2.45) is 0 Å². The van der Waals surface area contributed by atoms with Crippen LogP contribution < -0.4 is 14.8 Å². The molecule has 3 aromatic rings. The molecule has 0 saturated carbocycles. The molecule has 4 rings (SSSR count). The van der Waals surface area contributed by atoms with Crippen LogP contribution in [0.1, 0.15) is 45.7 Å². The molecule has 0 saturated heterocycles. The molecule has 0 unspecified atom stereocenters. The Morgan fingerprint density at radius 3 is 2.59 bits per heavy atom. The standard InChI is InChI=1S/C22H25N5O4S/c1-13-7-6-8-14(2)19(13)27-32(29,30)18-11-15(12-23-22(18)31-3)24-21(28)20-16-9-4-5-10-17(16)25-26-20/h6-8,11-12,27H,4-5,9-10H2,1-3H3,(H,24,28)(H,25,26). The number of aromatic nitrogens is 3. The van der Waals surface area contributed by atoms with Crippen LogP contribution in [-0.2, 0) is 22.9 Å². The predicted molar refractivity (Wildman–Crippen MR) is 121 cm³/mol. The van der Waals surface area contributed by atoms with Gasteiger partial charge in [0.05, 0.1) is 24.7 Å². The van der Waals surface area contributed by atoms with Crippen LogP contribution in [0.2, 0.25) is 0 Å². The molecule has 0 bridgehead atoms. The average molecular weight is 456 g/mol. The van der Waals surface area contributed by atoms with Gasteiger partial charge in [-0.05, 0) is 56.7 Å². The topological polar surface area (TPSA) is 126 Å². The fraction of sp³-hybridized carbons (Fsp3) is 0.318. The number of H-pyrrole nitrogens is 1. The minimum Gasteiger partial charge on any atom is -0.480 e. The van der Waals surface area contributed by atoms with Crippen LogP contribution in [0.5, 0.6) is 5.88 Å². The van der Waals surface area contributed by atoms with Crippen molar-refractivity contribution in [2.45, 2.75) is 44.4 Å². The number of fused-ring (bicyclic) bond motifs is 1. The Bertz CT molecular complexity index is 1260. The maximum atomic E-state index is 13.2. The molecule has 0 spiro atoms. The van der Waals surface area contributed by atoms with Crippen LogP contribution >= 0.6 is 0 Å². The Morgan fingerprint density at radius 1 is 1.16 bits per heavy atom. The summed E-state index contributed by atoms with van der Waals surface area (Å²) in [6.07, 6.45) is 5.07. The Kier molecular flexibility index (Phi) is 5.88. The number of benzene rings is 1. The second kappa shape index (κ2) is 8.62. The number of sulfonamides is 1. The number of anilines is 2. The molecule has 9 nitrogen and oxygen atoms in total. The number of carbonyl (C=O) groups excluding carboxylic acids is 1. The summed E-state index contributed by atoms with van der Waals surface area (Å²) in [6, 6.07) is 6.83. The Labute approximate surface area is 186 Å². The smallest absolute Gasteiger partial charge is 0.276 e. The van der Waals surface area contributed by atoms with E-state index in [1.165, 1.54) is 19.4 Å². The number of nitrogens with one attached hydrogen (secondary N) is 3. The molecule has 32 heavy (non-hydrogen) atoms. The van der Waals surface area contributed by atoms with Crippen LogP contribution in [0, 0.1) is 13.8 Å². The number of methoxy groups -OCH3 is 1. The Hall–Kier alpha value is -3.40. The van der Waals surface area contributed by atoms with Gasteiger partial charge in [0.1, 0.15) is 0 Å². The lowest BCUT2D eigenvalue weighted by molar-refractivity contribution is 0.102. The van der Waals surface area contributed by atoms with Crippen molar-refractivity contribution in [1.82, 2.24) is 15.2 Å². The van der Waals surface area contributed by atoms with Crippen molar-refractivity contribution in [1.29, 1.82) is 0 Å². The molecule has 2 heterocycles. The number of aromatic amines is 1. The van der Waals surface area contributed by atoms with Crippen molar-refractivity contribution in [3.63, 3.8) is 0 Å². The van der Waals surface area contributed by atoms with Crippen LogP contribution in [0.3, 0.4) is 0 Å². The summed E-state index contributed by atoms with van der Waals surface area (Å²) in [5.41, 5.74) is 4.52. The third-order valence-electron chi connectivity index (χ3n) is 5.55. The first-order valence-electron chi connectivity index (χ1n) is 10.3. The summed E-state index contributed by atoms with van der Waals surface area (Å²) in [4.78, 5) is 16.7. The first-order chi connectivity index (χ1) is 15.3. The van der Waals surface area contributed by atoms with Gasteiger partial charge in [-0.15, -0.1) is 0 Å². The van der Waals surface area contributed by atoms with Crippen molar-refractivity contribution in [3.8, 4) is 5.88 Å². The van der Waals surface area contributed by atoms with Crippen molar-refractivity contribution >= 4 is 27.3 Å². The number of hydrogen-bond donors (Lipinski definition) is 3. The highest BCUT2D eigenvalue weighted by Gasteiger charge is 2.25. The number of para-hydroxylation sites is 1. The van der Waals surface area contributed by atoms with Crippen LogP contribution in [0.4, 0.5) is 11.4 Å². The zero-order valence-electron chi connectivity index (χ0n) is 18.2. The van der Waals surface area contributed by atoms with Gasteiger partial charge in [-0.3, -0.25) is 14.6 Å². The lowest BCUT2D eigenvalue weighted by Gasteiger charge is -2.15. The van der Waals surface area contributed by atoms with E-state index in [2.05, 4.69) is 25.2 Å². The number of amides is 1. The quantitative estimate of drug-likeness (QED) is 0.523. The van der Waals surface area contributed by atoms with Gasteiger partial charge < -0.3 is 10.1 Å². The van der Waals surface area contributed by atoms with Gasteiger partial charge in [-0.2, -0.15) is 5.10 Å². The van der Waals surface area contributed by atoms with Gasteiger partial charge in [-0.25, -0.2) is 13.4 Å². The van der Waals surface area contributed by atoms with E-state index in [1.54, 1.807) is 0 Å². The molecule has 2 aromatic heterocycles. The maximum absolute atomic E-state index is 13.2. The number of nitrogens with zero attached hydrogens (tertiary/aromatic N) is 2. The molecule has 1 aliphatic carbocycles. The molecule has 0 fully saturated rings. The second-order valence-electron chi connectivity index (χ2n) is 7.79. The molecule has 1 aliphatic rings. The summed E-state index contributed by atoms with van der Waals surface area (Å²) in [5.74, 6) is -0.485. The second-order valence-corrected chi connectivity index (χ2v) is 9.45. The van der Waals surface area contributed by atoms with Crippen molar-refractivity contribution in [3.05, 3.63) is 58.5 Å². The molecule has 0 aliphatic heterocycles. The lowest BCUT2D eigenvalue weighted by atomic mass is 9.96. The van der Waals surface area contributed by atoms with Gasteiger partial charge in [0.2, 0.25) is 5.88 Å². The largest absolute Gasteiger partial charge is 0.480 e. The van der Waals surface area contributed by atoms with E-state index in [9.17, 15) is 13.2 Å². The minimum absolute atomic E-state index is 0.0705. The molecule has 0 radical (unpaired) electrons. The Balaban J connectivity index is 1.64. The van der Waals surface area contributed by atoms with Gasteiger partial charge in [0, 0.05) is 11.3 Å². The number of carbonyl (C=O) groups is 1. The van der Waals surface area contributed by atoms with E-state index in [0.717, 1.165) is 48.1 Å². The molecule has 10 heteroatoms. The number of aryl methyl sites for hydroxylation is 3. The van der Waals surface area contributed by atoms with Gasteiger partial charge in [-0.1, -0.05) is 18.2 Å². The molecule has 3 N–H and O–H groups in total. The Morgan fingerprint density at radius 2 is 1.88 bits per heavy atom. The van der Waals surface area contributed by atoms with Gasteiger partial charge in [0.25, 0.3) is 15.9 Å². The SMILES string of the molecule is COc1ncc(NC(=O)c2n[nH]c3c2CCCC3)cc1S(=O)(=O)Nc1c(C)cccc1C. The number of pyridine rings is 1. The average Bonchev–Trinajstić information content (AvgIpc) is 3.21. The summed E-state index contributed by atoms with van der Waals surface area (Å²) < 4.78 is 34.2. The summed E-state index contributed by atoms with van der Waals surface area (Å²) in [6.45, 7) is 3.64. The normalized spacial score (nSPS) is 13.3. The highest BCUT2D eigenvalue weighted by molar-refractivity contribution is 7.92. The summed E-state index contributed by atoms with van der Waals surface area (Å²) in [5, 5.41) is 9.81. The fourth-order valence-corrected chi connectivity index (χ4v) is 5.22. The molecular formula is C22H25N5O4S. The number of rotatable bonds is 6. The third-order valence-corrected chi connectivity index (χ3v) is 6.89. The zero-order valence-corrected chi connectivity index (χ0v) is 19.0. The van der Waals surface area contributed by atoms with Gasteiger partial charge >= 0.3 is 0 Å². The monoisotopic (exact) mass is 455 g/mol. The molecule has 1 amide bonds. The van der Waals surface area contributed by atoms with Crippen LogP contribution in [0.25, 0.3) is 0 Å². The van der Waals surface area contributed by atoms with Gasteiger partial charge in [0.15, 0.2) is 10.6 Å². The third kappa shape index (κ3) is 4.18. The lowest BCUT2D eigenvalue weighted by Crippen LogP contribution is -2.18. The number of ether oxygens (including phenoxy) is 1. The zero-order chi connectivity index (χ0) is 22.9. The van der Waals surface area contributed by atoms with E-state index >= 15 is 0 Å². The fourth-order valence-electron chi connectivity index (χ4n) is 3.87. The highest BCUT2D eigenvalue weighted by Crippen LogP contribution is 2.29. The van der Waals surface area contributed by atoms with Crippen LogP contribution in [-0.4, -0.2) is 36.6 Å².